The molecular formula is C18H13F2N. The first-order valence-electron chi connectivity index (χ1n) is 6.62. The Kier molecular flexibility index (Phi) is 3.48. The number of hydrogen-bond donors (Lipinski definition) is 0. The third kappa shape index (κ3) is 2.68. The van der Waals surface area contributed by atoms with Crippen LogP contribution < -0.4 is 0 Å². The number of rotatable bonds is 2. The van der Waals surface area contributed by atoms with Gasteiger partial charge < -0.3 is 0 Å². The van der Waals surface area contributed by atoms with Crippen molar-refractivity contribution < 1.29 is 8.78 Å². The number of pyridine rings is 1. The highest BCUT2D eigenvalue weighted by atomic mass is 19.2. The molecule has 0 amide bonds. The number of halogens is 2. The summed E-state index contributed by atoms with van der Waals surface area (Å²) >= 11 is 0. The molecule has 0 N–H and O–H groups in total. The van der Waals surface area contributed by atoms with Gasteiger partial charge in [-0.1, -0.05) is 30.3 Å². The highest BCUT2D eigenvalue weighted by Gasteiger charge is 2.08. The van der Waals surface area contributed by atoms with Gasteiger partial charge in [-0.25, -0.2) is 8.78 Å². The molecule has 3 rings (SSSR count). The lowest BCUT2D eigenvalue weighted by Crippen LogP contribution is -1.91. The number of aryl methyl sites for hydroxylation is 1. The topological polar surface area (TPSA) is 12.9 Å². The SMILES string of the molecule is Cc1cc(-c2ccc(F)c(F)c2)ncc1-c1ccccc1. The smallest absolute Gasteiger partial charge is 0.159 e. The quantitative estimate of drug-likeness (QED) is 0.644. The van der Waals surface area contributed by atoms with E-state index in [-0.39, 0.29) is 0 Å². The van der Waals surface area contributed by atoms with Gasteiger partial charge in [0.15, 0.2) is 11.6 Å². The second kappa shape index (κ2) is 5.44. The highest BCUT2D eigenvalue weighted by Crippen LogP contribution is 2.27. The Morgan fingerprint density at radius 1 is 0.810 bits per heavy atom. The van der Waals surface area contributed by atoms with Crippen molar-refractivity contribution in [3.63, 3.8) is 0 Å². The molecule has 0 atom stereocenters. The zero-order valence-electron chi connectivity index (χ0n) is 11.5. The van der Waals surface area contributed by atoms with E-state index in [0.29, 0.717) is 11.3 Å². The molecule has 0 aliphatic heterocycles. The summed E-state index contributed by atoms with van der Waals surface area (Å²) in [5, 5.41) is 0. The van der Waals surface area contributed by atoms with Crippen molar-refractivity contribution in [1.29, 1.82) is 0 Å². The van der Waals surface area contributed by atoms with Crippen LogP contribution in [0.3, 0.4) is 0 Å². The van der Waals surface area contributed by atoms with Crippen LogP contribution in [0.4, 0.5) is 8.78 Å². The van der Waals surface area contributed by atoms with Crippen LogP contribution in [0.1, 0.15) is 5.56 Å². The standard InChI is InChI=1S/C18H13F2N/c1-12-9-18(14-7-8-16(19)17(20)10-14)21-11-15(12)13-5-3-2-4-6-13/h2-11H,1H3. The molecule has 104 valence electrons. The molecule has 2 aromatic carbocycles. The fourth-order valence-electron chi connectivity index (χ4n) is 2.29. The summed E-state index contributed by atoms with van der Waals surface area (Å²) in [5.74, 6) is -1.71. The Hall–Kier alpha value is -2.55. The Morgan fingerprint density at radius 2 is 1.57 bits per heavy atom. The van der Waals surface area contributed by atoms with Gasteiger partial charge in [-0.05, 0) is 42.3 Å². The zero-order valence-corrected chi connectivity index (χ0v) is 11.5. The summed E-state index contributed by atoms with van der Waals surface area (Å²) in [6.07, 6.45) is 1.77. The van der Waals surface area contributed by atoms with Crippen molar-refractivity contribution >= 4 is 0 Å². The van der Waals surface area contributed by atoms with Crippen molar-refractivity contribution in [3.8, 4) is 22.4 Å². The summed E-state index contributed by atoms with van der Waals surface area (Å²) < 4.78 is 26.3. The summed E-state index contributed by atoms with van der Waals surface area (Å²) in [7, 11) is 0. The second-order valence-corrected chi connectivity index (χ2v) is 4.88. The highest BCUT2D eigenvalue weighted by molar-refractivity contribution is 5.70. The van der Waals surface area contributed by atoms with Crippen LogP contribution in [0.15, 0.2) is 60.8 Å². The minimum absolute atomic E-state index is 0.566. The van der Waals surface area contributed by atoms with Gasteiger partial charge in [0.1, 0.15) is 0 Å². The minimum Gasteiger partial charge on any atom is -0.256 e. The molecule has 0 saturated carbocycles. The third-order valence-corrected chi connectivity index (χ3v) is 3.41. The second-order valence-electron chi connectivity index (χ2n) is 4.88. The Bertz CT molecular complexity index is 782. The van der Waals surface area contributed by atoms with E-state index in [4.69, 9.17) is 0 Å². The van der Waals surface area contributed by atoms with Gasteiger partial charge in [0.05, 0.1) is 5.69 Å². The number of aromatic nitrogens is 1. The molecular weight excluding hydrogens is 268 g/mol. The van der Waals surface area contributed by atoms with E-state index in [1.807, 2.05) is 43.3 Å². The maximum absolute atomic E-state index is 13.3. The zero-order chi connectivity index (χ0) is 14.8. The van der Waals surface area contributed by atoms with E-state index in [2.05, 4.69) is 4.98 Å². The summed E-state index contributed by atoms with van der Waals surface area (Å²) in [4.78, 5) is 4.37. The minimum atomic E-state index is -0.862. The molecule has 0 aliphatic rings. The maximum atomic E-state index is 13.3. The van der Waals surface area contributed by atoms with Crippen molar-refractivity contribution in [2.75, 3.05) is 0 Å². The fraction of sp³-hybridized carbons (Fsp3) is 0.0556. The van der Waals surface area contributed by atoms with Gasteiger partial charge in [-0.2, -0.15) is 0 Å². The Balaban J connectivity index is 2.03. The molecule has 0 bridgehead atoms. The van der Waals surface area contributed by atoms with Crippen LogP contribution >= 0.6 is 0 Å². The van der Waals surface area contributed by atoms with E-state index in [1.165, 1.54) is 12.1 Å². The summed E-state index contributed by atoms with van der Waals surface area (Å²) in [6, 6.07) is 15.6. The molecule has 3 heteroatoms. The molecule has 0 radical (unpaired) electrons. The summed E-state index contributed by atoms with van der Waals surface area (Å²) in [5.41, 5.74) is 4.35. The number of hydrogen-bond acceptors (Lipinski definition) is 1. The van der Waals surface area contributed by atoms with E-state index in [1.54, 1.807) is 6.20 Å². The lowest BCUT2D eigenvalue weighted by molar-refractivity contribution is 0.509. The molecule has 21 heavy (non-hydrogen) atoms. The fourth-order valence-corrected chi connectivity index (χ4v) is 2.29. The van der Waals surface area contributed by atoms with Crippen LogP contribution in [0.2, 0.25) is 0 Å². The van der Waals surface area contributed by atoms with Crippen LogP contribution in [0.25, 0.3) is 22.4 Å². The predicted octanol–water partition coefficient (Wildman–Crippen LogP) is 5.00. The first-order chi connectivity index (χ1) is 10.1. The van der Waals surface area contributed by atoms with Gasteiger partial charge >= 0.3 is 0 Å². The predicted molar refractivity (Wildman–Crippen MR) is 79.8 cm³/mol. The Labute approximate surface area is 121 Å². The van der Waals surface area contributed by atoms with Crippen molar-refractivity contribution in [2.24, 2.45) is 0 Å². The van der Waals surface area contributed by atoms with Gasteiger partial charge in [-0.3, -0.25) is 4.98 Å². The molecule has 1 heterocycles. The molecule has 0 fully saturated rings. The van der Waals surface area contributed by atoms with Gasteiger partial charge in [0.2, 0.25) is 0 Å². The van der Waals surface area contributed by atoms with Crippen molar-refractivity contribution in [1.82, 2.24) is 4.98 Å². The largest absolute Gasteiger partial charge is 0.256 e. The number of benzene rings is 2. The van der Waals surface area contributed by atoms with Crippen LogP contribution in [-0.4, -0.2) is 4.98 Å². The molecule has 1 aromatic heterocycles. The van der Waals surface area contributed by atoms with Crippen molar-refractivity contribution in [3.05, 3.63) is 78.0 Å². The third-order valence-electron chi connectivity index (χ3n) is 3.41. The molecule has 3 aromatic rings. The average molecular weight is 281 g/mol. The number of nitrogens with zero attached hydrogens (tertiary/aromatic N) is 1. The lowest BCUT2D eigenvalue weighted by Gasteiger charge is -2.08. The molecule has 0 unspecified atom stereocenters. The summed E-state index contributed by atoms with van der Waals surface area (Å²) in [6.45, 7) is 1.98. The first kappa shape index (κ1) is 13.4. The monoisotopic (exact) mass is 281 g/mol. The molecule has 0 saturated heterocycles. The van der Waals surface area contributed by atoms with Crippen LogP contribution in [-0.2, 0) is 0 Å². The van der Waals surface area contributed by atoms with E-state index < -0.39 is 11.6 Å². The van der Waals surface area contributed by atoms with E-state index >= 15 is 0 Å². The maximum Gasteiger partial charge on any atom is 0.159 e. The molecule has 1 nitrogen and oxygen atoms in total. The average Bonchev–Trinajstić information content (AvgIpc) is 2.51. The lowest BCUT2D eigenvalue weighted by atomic mass is 10.0. The first-order valence-corrected chi connectivity index (χ1v) is 6.62. The molecule has 0 aliphatic carbocycles. The van der Waals surface area contributed by atoms with Gasteiger partial charge in [-0.15, -0.1) is 0 Å². The van der Waals surface area contributed by atoms with E-state index in [9.17, 15) is 8.78 Å². The van der Waals surface area contributed by atoms with Gasteiger partial charge in [0.25, 0.3) is 0 Å². The van der Waals surface area contributed by atoms with Crippen molar-refractivity contribution in [2.45, 2.75) is 6.92 Å². The normalized spacial score (nSPS) is 10.6. The van der Waals surface area contributed by atoms with Crippen LogP contribution in [0, 0.1) is 18.6 Å². The van der Waals surface area contributed by atoms with Gasteiger partial charge in [0, 0.05) is 17.3 Å². The Morgan fingerprint density at radius 3 is 2.24 bits per heavy atom. The van der Waals surface area contributed by atoms with Crippen LogP contribution in [0.5, 0.6) is 0 Å². The molecule has 0 spiro atoms. The van der Waals surface area contributed by atoms with E-state index in [0.717, 1.165) is 22.8 Å².